The van der Waals surface area contributed by atoms with Crippen molar-refractivity contribution in [3.8, 4) is 0 Å². The van der Waals surface area contributed by atoms with E-state index in [1.807, 2.05) is 0 Å². The maximum absolute atomic E-state index is 10.6. The molecule has 1 saturated heterocycles. The Hall–Kier alpha value is -0.610. The number of ether oxygens (including phenoxy) is 1. The fourth-order valence-corrected chi connectivity index (χ4v) is 2.34. The summed E-state index contributed by atoms with van der Waals surface area (Å²) in [4.78, 5) is 12.9. The lowest BCUT2D eigenvalue weighted by molar-refractivity contribution is -0.151. The molecule has 2 rings (SSSR count). The van der Waals surface area contributed by atoms with Gasteiger partial charge in [-0.2, -0.15) is 0 Å². The van der Waals surface area contributed by atoms with E-state index in [0.717, 1.165) is 13.2 Å². The van der Waals surface area contributed by atoms with E-state index in [2.05, 4.69) is 11.9 Å². The number of carboxylic acids is 1. The summed E-state index contributed by atoms with van der Waals surface area (Å²) in [6.45, 7) is 1.93. The van der Waals surface area contributed by atoms with Crippen molar-refractivity contribution in [1.29, 1.82) is 0 Å². The Kier molecular flexibility index (Phi) is 3.26. The van der Waals surface area contributed by atoms with Gasteiger partial charge in [0, 0.05) is 6.04 Å². The average Bonchev–Trinajstić information content (AvgIpc) is 2.48. The number of nitrogens with zero attached hydrogens (tertiary/aromatic N) is 1. The lowest BCUT2D eigenvalue weighted by Crippen LogP contribution is -2.39. The maximum Gasteiger partial charge on any atom is 0.306 e. The van der Waals surface area contributed by atoms with Gasteiger partial charge < -0.3 is 14.7 Å². The van der Waals surface area contributed by atoms with E-state index in [-0.39, 0.29) is 12.0 Å². The van der Waals surface area contributed by atoms with Crippen molar-refractivity contribution in [2.45, 2.75) is 37.8 Å². The zero-order valence-corrected chi connectivity index (χ0v) is 9.19. The predicted octanol–water partition coefficient (Wildman–Crippen LogP) is 0.960. The molecule has 1 aliphatic heterocycles. The second kappa shape index (κ2) is 4.49. The molecule has 0 unspecified atom stereocenters. The minimum absolute atomic E-state index is 0.156. The highest BCUT2D eigenvalue weighted by molar-refractivity contribution is 5.71. The Morgan fingerprint density at radius 2 is 2.27 bits per heavy atom. The van der Waals surface area contributed by atoms with Crippen LogP contribution in [-0.2, 0) is 9.53 Å². The molecule has 1 saturated carbocycles. The fraction of sp³-hybridized carbons (Fsp3) is 0.909. The average molecular weight is 213 g/mol. The molecule has 1 aliphatic carbocycles. The van der Waals surface area contributed by atoms with Gasteiger partial charge in [0.25, 0.3) is 0 Å². The number of hydrogen-bond acceptors (Lipinski definition) is 3. The molecule has 0 bridgehead atoms. The van der Waals surface area contributed by atoms with Crippen molar-refractivity contribution < 1.29 is 14.6 Å². The van der Waals surface area contributed by atoms with Gasteiger partial charge in [-0.05, 0) is 39.3 Å². The van der Waals surface area contributed by atoms with E-state index in [1.165, 1.54) is 12.8 Å². The molecule has 2 fully saturated rings. The summed E-state index contributed by atoms with van der Waals surface area (Å²) in [5.41, 5.74) is 0. The van der Waals surface area contributed by atoms with Crippen LogP contribution in [0.2, 0.25) is 0 Å². The molecule has 2 aliphatic rings. The third-order valence-electron chi connectivity index (χ3n) is 3.64. The van der Waals surface area contributed by atoms with Crippen LogP contribution in [0.5, 0.6) is 0 Å². The van der Waals surface area contributed by atoms with E-state index in [9.17, 15) is 4.79 Å². The quantitative estimate of drug-likeness (QED) is 0.755. The first-order chi connectivity index (χ1) is 7.16. The standard InChI is InChI=1S/C11H19NO3/c1-12-4-2-3-9(12)7-15-10-5-8(6-10)11(13)14/h8-10H,2-7H2,1H3,(H,13,14)/t8?,9-,10?/m0/s1. The first-order valence-corrected chi connectivity index (χ1v) is 5.71. The molecule has 0 aromatic rings. The third kappa shape index (κ3) is 2.49. The SMILES string of the molecule is CN1CCC[C@H]1COC1CC(C(=O)O)C1. The Labute approximate surface area is 90.2 Å². The largest absolute Gasteiger partial charge is 0.481 e. The van der Waals surface area contributed by atoms with Crippen LogP contribution in [-0.4, -0.2) is 48.3 Å². The number of rotatable bonds is 4. The topological polar surface area (TPSA) is 49.8 Å². The monoisotopic (exact) mass is 213 g/mol. The van der Waals surface area contributed by atoms with Gasteiger partial charge >= 0.3 is 5.97 Å². The van der Waals surface area contributed by atoms with Crippen molar-refractivity contribution in [2.75, 3.05) is 20.2 Å². The molecule has 15 heavy (non-hydrogen) atoms. The van der Waals surface area contributed by atoms with Crippen LogP contribution in [0.4, 0.5) is 0 Å². The molecule has 0 amide bonds. The van der Waals surface area contributed by atoms with Crippen molar-refractivity contribution in [2.24, 2.45) is 5.92 Å². The lowest BCUT2D eigenvalue weighted by atomic mass is 9.82. The van der Waals surface area contributed by atoms with E-state index in [1.54, 1.807) is 0 Å². The normalized spacial score (nSPS) is 36.5. The molecule has 0 spiro atoms. The van der Waals surface area contributed by atoms with Crippen LogP contribution in [0.1, 0.15) is 25.7 Å². The number of likely N-dealkylation sites (tertiary alicyclic amines) is 1. The summed E-state index contributed by atoms with van der Waals surface area (Å²) in [6, 6.07) is 0.550. The zero-order valence-electron chi connectivity index (χ0n) is 9.19. The highest BCUT2D eigenvalue weighted by atomic mass is 16.5. The summed E-state index contributed by atoms with van der Waals surface area (Å²) in [5, 5.41) is 8.71. The van der Waals surface area contributed by atoms with Gasteiger partial charge in [0.15, 0.2) is 0 Å². The summed E-state index contributed by atoms with van der Waals surface area (Å²) >= 11 is 0. The summed E-state index contributed by atoms with van der Waals surface area (Å²) in [7, 11) is 2.13. The molecular formula is C11H19NO3. The minimum Gasteiger partial charge on any atom is -0.481 e. The van der Waals surface area contributed by atoms with Crippen LogP contribution in [0.25, 0.3) is 0 Å². The van der Waals surface area contributed by atoms with Gasteiger partial charge in [-0.15, -0.1) is 0 Å². The van der Waals surface area contributed by atoms with Crippen LogP contribution < -0.4 is 0 Å². The first-order valence-electron chi connectivity index (χ1n) is 5.71. The number of aliphatic carboxylic acids is 1. The van der Waals surface area contributed by atoms with Crippen LogP contribution in [0, 0.1) is 5.92 Å². The molecular weight excluding hydrogens is 194 g/mol. The Balaban J connectivity index is 1.62. The summed E-state index contributed by atoms with van der Waals surface area (Å²) < 4.78 is 5.71. The molecule has 86 valence electrons. The molecule has 0 radical (unpaired) electrons. The van der Waals surface area contributed by atoms with Crippen LogP contribution in [0.15, 0.2) is 0 Å². The minimum atomic E-state index is -0.673. The third-order valence-corrected chi connectivity index (χ3v) is 3.64. The molecule has 4 heteroatoms. The van der Waals surface area contributed by atoms with Crippen LogP contribution in [0.3, 0.4) is 0 Å². The number of hydrogen-bond donors (Lipinski definition) is 1. The van der Waals surface area contributed by atoms with Gasteiger partial charge in [-0.3, -0.25) is 4.79 Å². The molecule has 0 aromatic heterocycles. The second-order valence-electron chi connectivity index (χ2n) is 4.74. The van der Waals surface area contributed by atoms with E-state index >= 15 is 0 Å². The molecule has 4 nitrogen and oxygen atoms in total. The van der Waals surface area contributed by atoms with Crippen molar-refractivity contribution in [3.63, 3.8) is 0 Å². The van der Waals surface area contributed by atoms with Crippen molar-refractivity contribution in [1.82, 2.24) is 4.90 Å². The van der Waals surface area contributed by atoms with Crippen LogP contribution >= 0.6 is 0 Å². The highest BCUT2D eigenvalue weighted by Gasteiger charge is 2.35. The molecule has 1 atom stereocenters. The van der Waals surface area contributed by atoms with Gasteiger partial charge in [-0.25, -0.2) is 0 Å². The smallest absolute Gasteiger partial charge is 0.306 e. The number of carboxylic acid groups (broad SMARTS) is 1. The Morgan fingerprint density at radius 3 is 2.80 bits per heavy atom. The summed E-state index contributed by atoms with van der Waals surface area (Å²) in [6.07, 6.45) is 4.07. The van der Waals surface area contributed by atoms with Gasteiger partial charge in [-0.1, -0.05) is 0 Å². The Bertz CT molecular complexity index is 238. The predicted molar refractivity (Wildman–Crippen MR) is 55.8 cm³/mol. The Morgan fingerprint density at radius 1 is 1.53 bits per heavy atom. The van der Waals surface area contributed by atoms with Gasteiger partial charge in [0.1, 0.15) is 0 Å². The van der Waals surface area contributed by atoms with Gasteiger partial charge in [0.2, 0.25) is 0 Å². The number of carbonyl (C=O) groups is 1. The van der Waals surface area contributed by atoms with E-state index < -0.39 is 5.97 Å². The maximum atomic E-state index is 10.6. The van der Waals surface area contributed by atoms with Crippen molar-refractivity contribution >= 4 is 5.97 Å². The lowest BCUT2D eigenvalue weighted by Gasteiger charge is -2.33. The van der Waals surface area contributed by atoms with Gasteiger partial charge in [0.05, 0.1) is 18.6 Å². The van der Waals surface area contributed by atoms with Crippen molar-refractivity contribution in [3.05, 3.63) is 0 Å². The fourth-order valence-electron chi connectivity index (χ4n) is 2.34. The highest BCUT2D eigenvalue weighted by Crippen LogP contribution is 2.30. The first kappa shape index (κ1) is 10.9. The number of likely N-dealkylation sites (N-methyl/N-ethyl adjacent to an activating group) is 1. The molecule has 1 heterocycles. The molecule has 0 aromatic carbocycles. The van der Waals surface area contributed by atoms with E-state index in [0.29, 0.717) is 18.9 Å². The molecule has 1 N–H and O–H groups in total. The van der Waals surface area contributed by atoms with E-state index in [4.69, 9.17) is 9.84 Å². The second-order valence-corrected chi connectivity index (χ2v) is 4.74. The summed E-state index contributed by atoms with van der Waals surface area (Å²) in [5.74, 6) is -0.829. The zero-order chi connectivity index (χ0) is 10.8.